The van der Waals surface area contributed by atoms with Crippen molar-refractivity contribution in [3.8, 4) is 0 Å². The van der Waals surface area contributed by atoms with Crippen LogP contribution >= 0.6 is 0 Å². The predicted octanol–water partition coefficient (Wildman–Crippen LogP) is 1.85. The Morgan fingerprint density at radius 2 is 1.62 bits per heavy atom. The molecule has 3 fully saturated rings. The van der Waals surface area contributed by atoms with E-state index < -0.39 is 0 Å². The summed E-state index contributed by atoms with van der Waals surface area (Å²) >= 11 is 0. The highest BCUT2D eigenvalue weighted by Crippen LogP contribution is 2.33. The Kier molecular flexibility index (Phi) is 4.28. The largest absolute Gasteiger partial charge is 0.340 e. The monoisotopic (exact) mass is 293 g/mol. The molecule has 21 heavy (non-hydrogen) atoms. The summed E-state index contributed by atoms with van der Waals surface area (Å²) in [6.07, 6.45) is 5.85. The summed E-state index contributed by atoms with van der Waals surface area (Å²) < 4.78 is 0. The number of hydrogen-bond acceptors (Lipinski definition) is 3. The molecule has 2 bridgehead atoms. The van der Waals surface area contributed by atoms with E-state index in [0.29, 0.717) is 23.9 Å². The topological polar surface area (TPSA) is 35.6 Å². The van der Waals surface area contributed by atoms with Gasteiger partial charge in [0.05, 0.1) is 0 Å². The van der Waals surface area contributed by atoms with E-state index in [0.717, 1.165) is 32.6 Å². The van der Waals surface area contributed by atoms with Gasteiger partial charge < -0.3 is 10.2 Å². The van der Waals surface area contributed by atoms with Gasteiger partial charge in [0.25, 0.3) is 0 Å². The van der Waals surface area contributed by atoms with Crippen LogP contribution in [0.5, 0.6) is 0 Å². The molecule has 0 radical (unpaired) electrons. The second-order valence-corrected chi connectivity index (χ2v) is 8.22. The van der Waals surface area contributed by atoms with Crippen LogP contribution in [0.2, 0.25) is 0 Å². The molecule has 3 aliphatic rings. The molecule has 3 aliphatic heterocycles. The normalized spacial score (nSPS) is 34.2. The average molecular weight is 293 g/mol. The Balaban J connectivity index is 1.46. The highest BCUT2D eigenvalue weighted by Gasteiger charge is 2.35. The molecular weight excluding hydrogens is 262 g/mol. The Morgan fingerprint density at radius 1 is 1.05 bits per heavy atom. The molecule has 0 saturated carbocycles. The van der Waals surface area contributed by atoms with Gasteiger partial charge in [-0.3, -0.25) is 9.69 Å². The van der Waals surface area contributed by atoms with E-state index in [1.54, 1.807) is 0 Å². The minimum Gasteiger partial charge on any atom is -0.340 e. The molecule has 2 unspecified atom stereocenters. The number of hydrogen-bond donors (Lipinski definition) is 1. The summed E-state index contributed by atoms with van der Waals surface area (Å²) in [6, 6.07) is 1.39. The lowest BCUT2D eigenvalue weighted by atomic mass is 9.89. The van der Waals surface area contributed by atoms with Gasteiger partial charge in [0.1, 0.15) is 0 Å². The first-order chi connectivity index (χ1) is 9.91. The summed E-state index contributed by atoms with van der Waals surface area (Å²) in [5.41, 5.74) is 0.226. The van der Waals surface area contributed by atoms with Crippen molar-refractivity contribution in [1.29, 1.82) is 0 Å². The molecule has 4 heteroatoms. The molecule has 1 amide bonds. The second kappa shape index (κ2) is 5.88. The highest BCUT2D eigenvalue weighted by atomic mass is 16.2. The standard InChI is InChI=1S/C17H31N3O/c1-17(2,3)20-8-6-19(7-9-20)16(21)12-13-10-14-4-5-15(11-13)18-14/h13-15,18H,4-12H2,1-3H3. The van der Waals surface area contributed by atoms with E-state index in [1.807, 2.05) is 0 Å². The molecule has 0 aromatic heterocycles. The zero-order chi connectivity index (χ0) is 15.0. The summed E-state index contributed by atoms with van der Waals surface area (Å²) in [4.78, 5) is 17.1. The molecule has 4 nitrogen and oxygen atoms in total. The zero-order valence-corrected chi connectivity index (χ0v) is 13.9. The summed E-state index contributed by atoms with van der Waals surface area (Å²) in [7, 11) is 0. The lowest BCUT2D eigenvalue weighted by Gasteiger charge is -2.42. The van der Waals surface area contributed by atoms with Crippen molar-refractivity contribution in [2.24, 2.45) is 5.92 Å². The first kappa shape index (κ1) is 15.3. The smallest absolute Gasteiger partial charge is 0.222 e. The number of amides is 1. The molecule has 2 atom stereocenters. The first-order valence-corrected chi connectivity index (χ1v) is 8.70. The number of nitrogens with one attached hydrogen (secondary N) is 1. The molecule has 3 saturated heterocycles. The Labute approximate surface area is 129 Å². The van der Waals surface area contributed by atoms with E-state index in [1.165, 1.54) is 25.7 Å². The van der Waals surface area contributed by atoms with Crippen LogP contribution in [0.4, 0.5) is 0 Å². The minimum absolute atomic E-state index is 0.226. The van der Waals surface area contributed by atoms with Gasteiger partial charge >= 0.3 is 0 Å². The Morgan fingerprint density at radius 3 is 2.14 bits per heavy atom. The summed E-state index contributed by atoms with van der Waals surface area (Å²) in [5, 5.41) is 3.66. The SMILES string of the molecule is CC(C)(C)N1CCN(C(=O)CC2CC3CCC(C2)N3)CC1. The second-order valence-electron chi connectivity index (χ2n) is 8.22. The number of piperazine rings is 1. The van der Waals surface area contributed by atoms with Crippen molar-refractivity contribution >= 4 is 5.91 Å². The lowest BCUT2D eigenvalue weighted by Crippen LogP contribution is -2.55. The number of piperidine rings is 1. The van der Waals surface area contributed by atoms with Crippen molar-refractivity contribution in [3.05, 3.63) is 0 Å². The van der Waals surface area contributed by atoms with E-state index in [2.05, 4.69) is 35.9 Å². The molecule has 0 spiro atoms. The number of fused-ring (bicyclic) bond motifs is 2. The van der Waals surface area contributed by atoms with Crippen molar-refractivity contribution in [1.82, 2.24) is 15.1 Å². The van der Waals surface area contributed by atoms with Gasteiger partial charge in [0, 0.05) is 50.2 Å². The fraction of sp³-hybridized carbons (Fsp3) is 0.941. The van der Waals surface area contributed by atoms with E-state index in [9.17, 15) is 4.79 Å². The van der Waals surface area contributed by atoms with Crippen molar-refractivity contribution in [2.75, 3.05) is 26.2 Å². The maximum Gasteiger partial charge on any atom is 0.222 e. The van der Waals surface area contributed by atoms with Crippen LogP contribution in [-0.4, -0.2) is 59.5 Å². The average Bonchev–Trinajstić information content (AvgIpc) is 2.77. The number of nitrogens with zero attached hydrogens (tertiary/aromatic N) is 2. The molecule has 120 valence electrons. The number of carbonyl (C=O) groups excluding carboxylic acids is 1. The van der Waals surface area contributed by atoms with Gasteiger partial charge in [-0.15, -0.1) is 0 Å². The molecule has 0 aliphatic carbocycles. The maximum atomic E-state index is 12.5. The number of carbonyl (C=O) groups is 1. The molecule has 0 aromatic rings. The quantitative estimate of drug-likeness (QED) is 0.844. The highest BCUT2D eigenvalue weighted by molar-refractivity contribution is 5.76. The molecule has 3 rings (SSSR count). The Hall–Kier alpha value is -0.610. The third-order valence-electron chi connectivity index (χ3n) is 5.62. The van der Waals surface area contributed by atoms with Crippen LogP contribution in [-0.2, 0) is 4.79 Å². The van der Waals surface area contributed by atoms with Gasteiger partial charge in [0.15, 0.2) is 0 Å². The number of rotatable bonds is 2. The van der Waals surface area contributed by atoms with Crippen LogP contribution in [0.3, 0.4) is 0 Å². The first-order valence-electron chi connectivity index (χ1n) is 8.70. The Bertz CT molecular complexity index is 370. The molecule has 3 heterocycles. The van der Waals surface area contributed by atoms with Crippen LogP contribution in [0, 0.1) is 5.92 Å². The van der Waals surface area contributed by atoms with Gasteiger partial charge in [-0.25, -0.2) is 0 Å². The fourth-order valence-electron chi connectivity index (χ4n) is 4.34. The van der Waals surface area contributed by atoms with Gasteiger partial charge in [0.2, 0.25) is 5.91 Å². The van der Waals surface area contributed by atoms with E-state index in [4.69, 9.17) is 0 Å². The van der Waals surface area contributed by atoms with E-state index in [-0.39, 0.29) is 5.54 Å². The predicted molar refractivity (Wildman–Crippen MR) is 85.2 cm³/mol. The van der Waals surface area contributed by atoms with Gasteiger partial charge in [-0.2, -0.15) is 0 Å². The van der Waals surface area contributed by atoms with Crippen molar-refractivity contribution in [2.45, 2.75) is 70.5 Å². The van der Waals surface area contributed by atoms with Crippen LogP contribution < -0.4 is 5.32 Å². The lowest BCUT2D eigenvalue weighted by molar-refractivity contribution is -0.135. The van der Waals surface area contributed by atoms with Gasteiger partial charge in [-0.1, -0.05) is 0 Å². The fourth-order valence-corrected chi connectivity index (χ4v) is 4.34. The summed E-state index contributed by atoms with van der Waals surface area (Å²) in [5.74, 6) is 1.02. The van der Waals surface area contributed by atoms with Crippen molar-refractivity contribution < 1.29 is 4.79 Å². The summed E-state index contributed by atoms with van der Waals surface area (Å²) in [6.45, 7) is 10.6. The third kappa shape index (κ3) is 3.59. The third-order valence-corrected chi connectivity index (χ3v) is 5.62. The van der Waals surface area contributed by atoms with Crippen LogP contribution in [0.25, 0.3) is 0 Å². The molecular formula is C17H31N3O. The van der Waals surface area contributed by atoms with Crippen LogP contribution in [0.1, 0.15) is 52.9 Å². The minimum atomic E-state index is 0.226. The van der Waals surface area contributed by atoms with Crippen LogP contribution in [0.15, 0.2) is 0 Å². The van der Waals surface area contributed by atoms with Gasteiger partial charge in [-0.05, 0) is 52.4 Å². The van der Waals surface area contributed by atoms with E-state index >= 15 is 0 Å². The maximum absolute atomic E-state index is 12.5. The van der Waals surface area contributed by atoms with Crippen molar-refractivity contribution in [3.63, 3.8) is 0 Å². The zero-order valence-electron chi connectivity index (χ0n) is 13.9. The molecule has 0 aromatic carbocycles. The molecule has 1 N–H and O–H groups in total.